The highest BCUT2D eigenvalue weighted by Gasteiger charge is 2.05. The van der Waals surface area contributed by atoms with Gasteiger partial charge in [-0.3, -0.25) is 0 Å². The number of nitrogens with two attached hydrogens (primary N) is 1. The van der Waals surface area contributed by atoms with E-state index >= 15 is 0 Å². The molecule has 0 saturated carbocycles. The van der Waals surface area contributed by atoms with E-state index in [-0.39, 0.29) is 12.6 Å². The number of aliphatic hydroxyl groups excluding tert-OH is 1. The van der Waals surface area contributed by atoms with Gasteiger partial charge in [0, 0.05) is 11.8 Å². The molecular formula is C10H16NOS+. The van der Waals surface area contributed by atoms with E-state index < -0.39 is 0 Å². The molecule has 0 fully saturated rings. The predicted molar refractivity (Wildman–Crippen MR) is 58.0 cm³/mol. The van der Waals surface area contributed by atoms with Crippen LogP contribution in [0.15, 0.2) is 29.2 Å². The quantitative estimate of drug-likeness (QED) is 0.557. The van der Waals surface area contributed by atoms with Crippen LogP contribution in [0.2, 0.25) is 0 Å². The second-order valence-electron chi connectivity index (χ2n) is 2.85. The van der Waals surface area contributed by atoms with Crippen molar-refractivity contribution in [1.29, 1.82) is 0 Å². The number of hydrogen-bond donors (Lipinski definition) is 2. The average molecular weight is 198 g/mol. The summed E-state index contributed by atoms with van der Waals surface area (Å²) < 4.78 is 0. The zero-order valence-corrected chi connectivity index (χ0v) is 8.67. The largest absolute Gasteiger partial charge is 0.394 e. The molecule has 0 bridgehead atoms. The lowest BCUT2D eigenvalue weighted by atomic mass is 10.1. The topological polar surface area (TPSA) is 46.2 Å². The molecule has 72 valence electrons. The van der Waals surface area contributed by atoms with Gasteiger partial charge in [-0.25, -0.2) is 0 Å². The summed E-state index contributed by atoms with van der Waals surface area (Å²) in [5.74, 6) is 1.13. The number of hydrogen-bond acceptors (Lipinski definition) is 2. The van der Waals surface area contributed by atoms with Gasteiger partial charge >= 0.3 is 0 Å². The minimum atomic E-state index is -0.243. The first-order valence-electron chi connectivity index (χ1n) is 4.41. The molecule has 0 spiro atoms. The third-order valence-corrected chi connectivity index (χ3v) is 2.84. The molecule has 0 saturated heterocycles. The van der Waals surface area contributed by atoms with E-state index in [0.29, 0.717) is 0 Å². The molecule has 0 aliphatic heterocycles. The first-order valence-corrected chi connectivity index (χ1v) is 5.49. The van der Waals surface area contributed by atoms with Gasteiger partial charge in [0.25, 0.3) is 0 Å². The summed E-state index contributed by atoms with van der Waals surface area (Å²) in [6.07, 6.45) is 0. The van der Waals surface area contributed by atoms with Crippen molar-refractivity contribution in [2.45, 2.75) is 17.9 Å². The van der Waals surface area contributed by atoms with Crippen LogP contribution in [0.1, 0.15) is 18.5 Å². The lowest BCUT2D eigenvalue weighted by Crippen LogP contribution is -2.14. The first-order chi connectivity index (χ1) is 6.27. The highest BCUT2D eigenvalue weighted by molar-refractivity contribution is 7.78. The van der Waals surface area contributed by atoms with Crippen LogP contribution in [0.5, 0.6) is 0 Å². The Labute approximate surface area is 83.1 Å². The van der Waals surface area contributed by atoms with Crippen LogP contribution in [0.4, 0.5) is 0 Å². The normalized spacial score (nSPS) is 12.8. The lowest BCUT2D eigenvalue weighted by molar-refractivity contribution is 0.268. The van der Waals surface area contributed by atoms with Crippen molar-refractivity contribution in [3.05, 3.63) is 29.8 Å². The third-order valence-electron chi connectivity index (χ3n) is 1.86. The minimum absolute atomic E-state index is 0.00480. The van der Waals surface area contributed by atoms with Gasteiger partial charge in [-0.1, -0.05) is 12.1 Å². The molecule has 1 rings (SSSR count). The second-order valence-corrected chi connectivity index (χ2v) is 4.32. The Balaban J connectivity index is 2.69. The maximum Gasteiger partial charge on any atom is 0.152 e. The molecule has 0 radical (unpaired) electrons. The minimum Gasteiger partial charge on any atom is -0.394 e. The fourth-order valence-electron chi connectivity index (χ4n) is 1.11. The summed E-state index contributed by atoms with van der Waals surface area (Å²) in [5, 5.41) is 8.83. The summed E-state index contributed by atoms with van der Waals surface area (Å²) in [6.45, 7) is 2.15. The summed E-state index contributed by atoms with van der Waals surface area (Å²) in [4.78, 5) is 1.30. The van der Waals surface area contributed by atoms with E-state index in [1.54, 1.807) is 0 Å². The molecule has 0 heterocycles. The van der Waals surface area contributed by atoms with Gasteiger partial charge in [0.15, 0.2) is 4.90 Å². The van der Waals surface area contributed by atoms with Crippen LogP contribution in [0.3, 0.4) is 0 Å². The lowest BCUT2D eigenvalue weighted by Gasteiger charge is -2.06. The van der Waals surface area contributed by atoms with Crippen molar-refractivity contribution in [3.63, 3.8) is 0 Å². The third kappa shape index (κ3) is 3.03. The predicted octanol–water partition coefficient (Wildman–Crippen LogP) is 0.872. The molecule has 3 heteroatoms. The fraction of sp³-hybridized carbons (Fsp3) is 0.400. The molecule has 1 aromatic carbocycles. The van der Waals surface area contributed by atoms with E-state index in [4.69, 9.17) is 10.8 Å². The average Bonchev–Trinajstić information content (AvgIpc) is 2.18. The number of aliphatic hydroxyl groups is 1. The Hall–Kier alpha value is -0.510. The van der Waals surface area contributed by atoms with E-state index in [9.17, 15) is 0 Å². The van der Waals surface area contributed by atoms with Crippen molar-refractivity contribution >= 4 is 11.8 Å². The van der Waals surface area contributed by atoms with Gasteiger partial charge < -0.3 is 10.8 Å². The molecule has 2 nitrogen and oxygen atoms in total. The summed E-state index contributed by atoms with van der Waals surface area (Å²) in [7, 11) is 0. The summed E-state index contributed by atoms with van der Waals surface area (Å²) in [6, 6.07) is 7.86. The van der Waals surface area contributed by atoms with Gasteiger partial charge in [-0.2, -0.15) is 0 Å². The highest BCUT2D eigenvalue weighted by atomic mass is 32.2. The monoisotopic (exact) mass is 198 g/mol. The summed E-state index contributed by atoms with van der Waals surface area (Å²) in [5.41, 5.74) is 6.66. The number of benzene rings is 1. The van der Waals surface area contributed by atoms with Crippen LogP contribution < -0.4 is 5.73 Å². The molecule has 0 aromatic heterocycles. The Morgan fingerprint density at radius 2 is 2.00 bits per heavy atom. The molecule has 0 amide bonds. The van der Waals surface area contributed by atoms with Crippen LogP contribution in [0.25, 0.3) is 0 Å². The van der Waals surface area contributed by atoms with Gasteiger partial charge in [0.05, 0.1) is 12.6 Å². The molecule has 3 N–H and O–H groups in total. The summed E-state index contributed by atoms with van der Waals surface area (Å²) >= 11 is 1.34. The fourth-order valence-corrected chi connectivity index (χ4v) is 1.84. The first kappa shape index (κ1) is 10.6. The molecule has 1 aromatic rings. The van der Waals surface area contributed by atoms with E-state index in [2.05, 4.69) is 19.1 Å². The van der Waals surface area contributed by atoms with Crippen LogP contribution in [-0.2, 0) is 11.8 Å². The van der Waals surface area contributed by atoms with Crippen LogP contribution in [0, 0.1) is 0 Å². The standard InChI is InChI=1S/C10H15NOS/c1-2-13-9-5-3-8(4-6-9)10(11)7-12/h3-6,10,12H,2,7,11H2,1H3/p+1/t10-/m0/s1. The maximum absolute atomic E-state index is 8.83. The Morgan fingerprint density at radius 3 is 2.46 bits per heavy atom. The van der Waals surface area contributed by atoms with Gasteiger partial charge in [-0.15, -0.1) is 0 Å². The van der Waals surface area contributed by atoms with Gasteiger partial charge in [-0.05, 0) is 24.6 Å². The molecule has 0 unspecified atom stereocenters. The van der Waals surface area contributed by atoms with Crippen LogP contribution >= 0.6 is 0 Å². The highest BCUT2D eigenvalue weighted by Crippen LogP contribution is 2.12. The number of thiol groups is 1. The van der Waals surface area contributed by atoms with Crippen LogP contribution in [-0.4, -0.2) is 17.5 Å². The zero-order valence-electron chi connectivity index (χ0n) is 7.77. The zero-order chi connectivity index (χ0) is 9.68. The van der Waals surface area contributed by atoms with Crippen molar-refractivity contribution in [1.82, 2.24) is 0 Å². The molecule has 13 heavy (non-hydrogen) atoms. The van der Waals surface area contributed by atoms with E-state index in [1.807, 2.05) is 12.1 Å². The van der Waals surface area contributed by atoms with Gasteiger partial charge in [0.2, 0.25) is 0 Å². The number of rotatable bonds is 4. The second kappa shape index (κ2) is 5.27. The molecule has 1 atom stereocenters. The van der Waals surface area contributed by atoms with Crippen molar-refractivity contribution in [2.24, 2.45) is 5.73 Å². The van der Waals surface area contributed by atoms with Gasteiger partial charge in [0.1, 0.15) is 5.75 Å². The van der Waals surface area contributed by atoms with Crippen molar-refractivity contribution in [3.8, 4) is 0 Å². The van der Waals surface area contributed by atoms with Crippen molar-refractivity contribution < 1.29 is 5.11 Å². The van der Waals surface area contributed by atoms with E-state index in [0.717, 1.165) is 11.3 Å². The van der Waals surface area contributed by atoms with Crippen molar-refractivity contribution in [2.75, 3.05) is 12.4 Å². The van der Waals surface area contributed by atoms with E-state index in [1.165, 1.54) is 16.7 Å². The molecule has 0 aliphatic carbocycles. The maximum atomic E-state index is 8.83. The molecule has 0 aliphatic rings. The Kier molecular flexibility index (Phi) is 4.28. The smallest absolute Gasteiger partial charge is 0.152 e. The SMILES string of the molecule is CC[SH+]c1ccc([C@@H](N)CO)cc1. The molecular weight excluding hydrogens is 182 g/mol. The Bertz CT molecular complexity index is 248. The Morgan fingerprint density at radius 1 is 1.38 bits per heavy atom.